The topological polar surface area (TPSA) is 51.5 Å². The molecule has 17 heavy (non-hydrogen) atoms. The van der Waals surface area contributed by atoms with E-state index in [1.54, 1.807) is 6.08 Å². The first-order valence-corrected chi connectivity index (χ1v) is 6.12. The maximum absolute atomic E-state index is 9.33. The zero-order chi connectivity index (χ0) is 12.2. The molecule has 1 spiro atoms. The molecule has 94 valence electrons. The lowest BCUT2D eigenvalue weighted by atomic mass is 9.73. The number of hydrogen-bond acceptors (Lipinski definition) is 4. The van der Waals surface area contributed by atoms with Gasteiger partial charge >= 0.3 is 0 Å². The van der Waals surface area contributed by atoms with Gasteiger partial charge < -0.3 is 14.2 Å². The zero-order valence-corrected chi connectivity index (χ0v) is 10.1. The molecule has 0 unspecified atom stereocenters. The molecule has 0 bridgehead atoms. The summed E-state index contributed by atoms with van der Waals surface area (Å²) in [6.07, 6.45) is 4.84. The van der Waals surface area contributed by atoms with E-state index in [0.717, 1.165) is 25.7 Å². The zero-order valence-electron chi connectivity index (χ0n) is 10.1. The van der Waals surface area contributed by atoms with Gasteiger partial charge in [-0.1, -0.05) is 6.08 Å². The molecule has 0 aromatic carbocycles. The van der Waals surface area contributed by atoms with Gasteiger partial charge in [0.05, 0.1) is 37.9 Å². The van der Waals surface area contributed by atoms with Crippen LogP contribution in [0.1, 0.15) is 25.7 Å². The molecule has 2 rings (SSSR count). The van der Waals surface area contributed by atoms with E-state index in [9.17, 15) is 5.26 Å². The Kier molecular flexibility index (Phi) is 3.82. The Labute approximate surface area is 102 Å². The van der Waals surface area contributed by atoms with E-state index in [1.165, 1.54) is 0 Å². The van der Waals surface area contributed by atoms with Crippen LogP contribution in [0.3, 0.4) is 0 Å². The smallest absolute Gasteiger partial charge is 0.168 e. The lowest BCUT2D eigenvalue weighted by Crippen LogP contribution is -2.41. The summed E-state index contributed by atoms with van der Waals surface area (Å²) in [5.41, 5.74) is -0.371. The third-order valence-electron chi connectivity index (χ3n) is 3.63. The Morgan fingerprint density at radius 3 is 2.41 bits per heavy atom. The Morgan fingerprint density at radius 2 is 1.88 bits per heavy atom. The van der Waals surface area contributed by atoms with Crippen molar-refractivity contribution in [2.75, 3.05) is 26.4 Å². The maximum atomic E-state index is 9.33. The van der Waals surface area contributed by atoms with Crippen molar-refractivity contribution in [2.24, 2.45) is 5.41 Å². The molecule has 0 aromatic heterocycles. The molecule has 1 heterocycles. The summed E-state index contributed by atoms with van der Waals surface area (Å²) in [6.45, 7) is 5.93. The largest absolute Gasteiger partial charge is 0.376 e. The number of hydrogen-bond donors (Lipinski definition) is 0. The first-order chi connectivity index (χ1) is 8.24. The highest BCUT2D eigenvalue weighted by Gasteiger charge is 2.46. The summed E-state index contributed by atoms with van der Waals surface area (Å²) in [6, 6.07) is 2.41. The molecule has 4 nitrogen and oxygen atoms in total. The van der Waals surface area contributed by atoms with Gasteiger partial charge in [0, 0.05) is 12.8 Å². The highest BCUT2D eigenvalue weighted by Crippen LogP contribution is 2.44. The minimum Gasteiger partial charge on any atom is -0.376 e. The number of ether oxygens (including phenoxy) is 3. The number of rotatable bonds is 4. The van der Waals surface area contributed by atoms with Crippen LogP contribution in [0.4, 0.5) is 0 Å². The summed E-state index contributed by atoms with van der Waals surface area (Å²) in [5, 5.41) is 9.33. The van der Waals surface area contributed by atoms with Crippen LogP contribution in [-0.2, 0) is 14.2 Å². The summed E-state index contributed by atoms with van der Waals surface area (Å²) in [5.74, 6) is -0.404. The Balaban J connectivity index is 1.90. The normalized spacial score (nSPS) is 25.6. The number of nitrogens with zero attached hydrogens (tertiary/aromatic N) is 1. The fourth-order valence-corrected chi connectivity index (χ4v) is 2.52. The van der Waals surface area contributed by atoms with Gasteiger partial charge in [0.2, 0.25) is 0 Å². The van der Waals surface area contributed by atoms with Crippen molar-refractivity contribution >= 4 is 0 Å². The Morgan fingerprint density at radius 1 is 1.24 bits per heavy atom. The summed E-state index contributed by atoms with van der Waals surface area (Å²) in [4.78, 5) is 0. The van der Waals surface area contributed by atoms with Crippen LogP contribution in [0, 0.1) is 16.7 Å². The molecule has 2 fully saturated rings. The van der Waals surface area contributed by atoms with Crippen molar-refractivity contribution in [1.29, 1.82) is 5.26 Å². The van der Waals surface area contributed by atoms with Gasteiger partial charge in [0.25, 0.3) is 0 Å². The summed E-state index contributed by atoms with van der Waals surface area (Å²) < 4.78 is 16.8. The molecule has 0 atom stereocenters. The molecule has 0 aromatic rings. The van der Waals surface area contributed by atoms with Crippen molar-refractivity contribution < 1.29 is 14.2 Å². The van der Waals surface area contributed by atoms with Gasteiger partial charge in [-0.05, 0) is 12.8 Å². The average molecular weight is 237 g/mol. The van der Waals surface area contributed by atoms with E-state index in [-0.39, 0.29) is 5.41 Å². The lowest BCUT2D eigenvalue weighted by molar-refractivity contribution is -0.190. The van der Waals surface area contributed by atoms with Crippen LogP contribution in [-0.4, -0.2) is 32.2 Å². The van der Waals surface area contributed by atoms with Crippen molar-refractivity contribution in [3.63, 3.8) is 0 Å². The third-order valence-corrected chi connectivity index (χ3v) is 3.63. The van der Waals surface area contributed by atoms with E-state index >= 15 is 0 Å². The van der Waals surface area contributed by atoms with E-state index in [1.807, 2.05) is 0 Å². The molecular formula is C13H19NO3. The molecule has 1 saturated carbocycles. The van der Waals surface area contributed by atoms with Crippen molar-refractivity contribution in [3.05, 3.63) is 12.7 Å². The van der Waals surface area contributed by atoms with Crippen LogP contribution in [0.2, 0.25) is 0 Å². The van der Waals surface area contributed by atoms with Gasteiger partial charge in [-0.2, -0.15) is 5.26 Å². The standard InChI is InChI=1S/C13H19NO3/c1-2-7-15-11-12(10-14)3-5-13(6-4-12)16-8-9-17-13/h2H,1,3-9,11H2. The minimum atomic E-state index is -0.404. The SMILES string of the molecule is C=CCOCC1(C#N)CCC2(CC1)OCCO2. The highest BCUT2D eigenvalue weighted by molar-refractivity contribution is 5.04. The van der Waals surface area contributed by atoms with Gasteiger partial charge in [-0.25, -0.2) is 0 Å². The Bertz CT molecular complexity index is 305. The fourth-order valence-electron chi connectivity index (χ4n) is 2.52. The molecule has 0 N–H and O–H groups in total. The first-order valence-electron chi connectivity index (χ1n) is 6.12. The van der Waals surface area contributed by atoms with E-state index in [4.69, 9.17) is 14.2 Å². The second-order valence-corrected chi connectivity index (χ2v) is 4.80. The molecule has 0 radical (unpaired) electrons. The van der Waals surface area contributed by atoms with Crippen LogP contribution in [0.15, 0.2) is 12.7 Å². The predicted octanol–water partition coefficient (Wildman–Crippen LogP) is 2.02. The first kappa shape index (κ1) is 12.6. The second kappa shape index (κ2) is 5.18. The average Bonchev–Trinajstić information content (AvgIpc) is 2.82. The van der Waals surface area contributed by atoms with Crippen LogP contribution >= 0.6 is 0 Å². The lowest BCUT2D eigenvalue weighted by Gasteiger charge is -2.39. The second-order valence-electron chi connectivity index (χ2n) is 4.80. The van der Waals surface area contributed by atoms with Crippen LogP contribution in [0.5, 0.6) is 0 Å². The van der Waals surface area contributed by atoms with Gasteiger partial charge in [-0.3, -0.25) is 0 Å². The quantitative estimate of drug-likeness (QED) is 0.554. The van der Waals surface area contributed by atoms with Crippen molar-refractivity contribution in [1.82, 2.24) is 0 Å². The summed E-state index contributed by atoms with van der Waals surface area (Å²) in [7, 11) is 0. The van der Waals surface area contributed by atoms with Crippen LogP contribution < -0.4 is 0 Å². The maximum Gasteiger partial charge on any atom is 0.168 e. The van der Waals surface area contributed by atoms with Crippen molar-refractivity contribution in [3.8, 4) is 6.07 Å². The van der Waals surface area contributed by atoms with Crippen molar-refractivity contribution in [2.45, 2.75) is 31.5 Å². The monoisotopic (exact) mass is 237 g/mol. The van der Waals surface area contributed by atoms with Gasteiger partial charge in [0.15, 0.2) is 5.79 Å². The van der Waals surface area contributed by atoms with E-state index < -0.39 is 5.79 Å². The molecule has 1 aliphatic carbocycles. The summed E-state index contributed by atoms with van der Waals surface area (Å²) >= 11 is 0. The van der Waals surface area contributed by atoms with Gasteiger partial charge in [-0.15, -0.1) is 6.58 Å². The van der Waals surface area contributed by atoms with Crippen LogP contribution in [0.25, 0.3) is 0 Å². The molecule has 2 aliphatic rings. The highest BCUT2D eigenvalue weighted by atomic mass is 16.7. The van der Waals surface area contributed by atoms with E-state index in [2.05, 4.69) is 12.6 Å². The van der Waals surface area contributed by atoms with E-state index in [0.29, 0.717) is 26.4 Å². The van der Waals surface area contributed by atoms with Gasteiger partial charge in [0.1, 0.15) is 0 Å². The third kappa shape index (κ3) is 2.68. The Hall–Kier alpha value is -0.890. The molecule has 0 amide bonds. The fraction of sp³-hybridized carbons (Fsp3) is 0.769. The number of nitriles is 1. The minimum absolute atomic E-state index is 0.371. The molecule has 1 aliphatic heterocycles. The molecule has 1 saturated heterocycles. The molecule has 4 heteroatoms. The predicted molar refractivity (Wildman–Crippen MR) is 62.2 cm³/mol. The molecular weight excluding hydrogens is 218 g/mol.